The smallest absolute Gasteiger partial charge is 0.326 e. The third-order valence-electron chi connectivity index (χ3n) is 3.37. The maximum Gasteiger partial charge on any atom is 0.326 e. The maximum atomic E-state index is 11.6. The van der Waals surface area contributed by atoms with Crippen LogP contribution in [0.4, 0.5) is 0 Å². The fraction of sp³-hybridized carbons (Fsp3) is 0.429. The summed E-state index contributed by atoms with van der Waals surface area (Å²) in [4.78, 5) is 22.3. The molecule has 1 aliphatic rings. The predicted molar refractivity (Wildman–Crippen MR) is 67.1 cm³/mol. The lowest BCUT2D eigenvalue weighted by Gasteiger charge is -2.06. The van der Waals surface area contributed by atoms with Crippen LogP contribution in [0.25, 0.3) is 0 Å². The highest BCUT2D eigenvalue weighted by molar-refractivity contribution is 5.88. The highest BCUT2D eigenvalue weighted by atomic mass is 16.4. The molecule has 0 radical (unpaired) electrons. The largest absolute Gasteiger partial charge is 0.480 e. The molecule has 1 aromatic carbocycles. The van der Waals surface area contributed by atoms with Gasteiger partial charge >= 0.3 is 5.97 Å². The third-order valence-corrected chi connectivity index (χ3v) is 3.37. The number of carboxylic acids is 1. The second-order valence-electron chi connectivity index (χ2n) is 4.71. The van der Waals surface area contributed by atoms with Gasteiger partial charge in [0.15, 0.2) is 0 Å². The van der Waals surface area contributed by atoms with Gasteiger partial charge in [-0.1, -0.05) is 30.3 Å². The second kappa shape index (κ2) is 5.67. The predicted octanol–water partition coefficient (Wildman–Crippen LogP) is 1.60. The van der Waals surface area contributed by atoms with E-state index in [1.807, 2.05) is 18.2 Å². The van der Waals surface area contributed by atoms with Crippen molar-refractivity contribution in [2.75, 3.05) is 0 Å². The molecule has 2 atom stereocenters. The molecule has 2 N–H and O–H groups in total. The SMILES string of the molecule is O=C1N[C@H](C(=O)O)C[C@H]1CCCc1ccccc1. The highest BCUT2D eigenvalue weighted by Crippen LogP contribution is 2.21. The molecule has 0 aromatic heterocycles. The highest BCUT2D eigenvalue weighted by Gasteiger charge is 2.35. The van der Waals surface area contributed by atoms with Crippen molar-refractivity contribution >= 4 is 11.9 Å². The summed E-state index contributed by atoms with van der Waals surface area (Å²) in [5, 5.41) is 11.4. The first-order chi connectivity index (χ1) is 8.66. The summed E-state index contributed by atoms with van der Waals surface area (Å²) in [5.41, 5.74) is 1.26. The maximum absolute atomic E-state index is 11.6. The minimum atomic E-state index is -0.936. The van der Waals surface area contributed by atoms with E-state index in [0.717, 1.165) is 19.3 Å². The molecule has 1 fully saturated rings. The fourth-order valence-corrected chi connectivity index (χ4v) is 2.35. The lowest BCUT2D eigenvalue weighted by atomic mass is 9.96. The zero-order valence-electron chi connectivity index (χ0n) is 10.1. The van der Waals surface area contributed by atoms with Crippen LogP contribution < -0.4 is 5.32 Å². The van der Waals surface area contributed by atoms with Crippen LogP contribution in [-0.2, 0) is 16.0 Å². The number of hydrogen-bond donors (Lipinski definition) is 2. The van der Waals surface area contributed by atoms with Crippen molar-refractivity contribution in [2.24, 2.45) is 5.92 Å². The van der Waals surface area contributed by atoms with Crippen molar-refractivity contribution in [1.29, 1.82) is 0 Å². The summed E-state index contributed by atoms with van der Waals surface area (Å²) >= 11 is 0. The number of nitrogens with one attached hydrogen (secondary N) is 1. The molecule has 4 nitrogen and oxygen atoms in total. The summed E-state index contributed by atoms with van der Waals surface area (Å²) in [7, 11) is 0. The van der Waals surface area contributed by atoms with E-state index in [4.69, 9.17) is 5.11 Å². The van der Waals surface area contributed by atoms with Crippen LogP contribution in [0.1, 0.15) is 24.8 Å². The second-order valence-corrected chi connectivity index (χ2v) is 4.71. The summed E-state index contributed by atoms with van der Waals surface area (Å²) < 4.78 is 0. The van der Waals surface area contributed by atoms with Gasteiger partial charge in [0, 0.05) is 5.92 Å². The summed E-state index contributed by atoms with van der Waals surface area (Å²) in [6.07, 6.45) is 3.02. The topological polar surface area (TPSA) is 66.4 Å². The minimum absolute atomic E-state index is 0.115. The van der Waals surface area contributed by atoms with Gasteiger partial charge in [-0.15, -0.1) is 0 Å². The number of hydrogen-bond acceptors (Lipinski definition) is 2. The van der Waals surface area contributed by atoms with Crippen molar-refractivity contribution in [3.63, 3.8) is 0 Å². The van der Waals surface area contributed by atoms with Gasteiger partial charge in [0.25, 0.3) is 0 Å². The van der Waals surface area contributed by atoms with Crippen LogP contribution in [0, 0.1) is 5.92 Å². The molecule has 0 spiro atoms. The van der Waals surface area contributed by atoms with Gasteiger partial charge in [0.05, 0.1) is 0 Å². The molecule has 1 aromatic rings. The zero-order valence-corrected chi connectivity index (χ0v) is 10.1. The Labute approximate surface area is 106 Å². The average Bonchev–Trinajstić information content (AvgIpc) is 2.73. The fourth-order valence-electron chi connectivity index (χ4n) is 2.35. The number of amides is 1. The van der Waals surface area contributed by atoms with E-state index in [-0.39, 0.29) is 11.8 Å². The number of carbonyl (C=O) groups excluding carboxylic acids is 1. The molecule has 1 saturated heterocycles. The summed E-state index contributed by atoms with van der Waals surface area (Å²) in [6, 6.07) is 9.41. The van der Waals surface area contributed by atoms with Crippen molar-refractivity contribution in [3.8, 4) is 0 Å². The lowest BCUT2D eigenvalue weighted by Crippen LogP contribution is -2.32. The van der Waals surface area contributed by atoms with Crippen molar-refractivity contribution in [2.45, 2.75) is 31.7 Å². The Balaban J connectivity index is 1.78. The van der Waals surface area contributed by atoms with Crippen LogP contribution in [0.2, 0.25) is 0 Å². The Hall–Kier alpha value is -1.84. The van der Waals surface area contributed by atoms with Crippen LogP contribution >= 0.6 is 0 Å². The Morgan fingerprint density at radius 1 is 1.33 bits per heavy atom. The van der Waals surface area contributed by atoms with Gasteiger partial charge in [0.2, 0.25) is 5.91 Å². The third kappa shape index (κ3) is 3.09. The van der Waals surface area contributed by atoms with Gasteiger partial charge in [-0.05, 0) is 31.2 Å². The van der Waals surface area contributed by atoms with E-state index in [0.29, 0.717) is 6.42 Å². The monoisotopic (exact) mass is 247 g/mol. The van der Waals surface area contributed by atoms with Crippen LogP contribution in [0.3, 0.4) is 0 Å². The molecule has 0 bridgehead atoms. The number of aliphatic carboxylic acids is 1. The normalized spacial score (nSPS) is 22.8. The minimum Gasteiger partial charge on any atom is -0.480 e. The van der Waals surface area contributed by atoms with Crippen molar-refractivity contribution < 1.29 is 14.7 Å². The molecule has 96 valence electrons. The molecule has 0 saturated carbocycles. The Morgan fingerprint density at radius 3 is 2.67 bits per heavy atom. The molecule has 2 rings (SSSR count). The van der Waals surface area contributed by atoms with Crippen LogP contribution in [0.15, 0.2) is 30.3 Å². The standard InChI is InChI=1S/C14H17NO3/c16-13-11(9-12(15-13)14(17)18)8-4-7-10-5-2-1-3-6-10/h1-3,5-6,11-12H,4,7-9H2,(H,15,16)(H,17,18)/t11-,12+/m1/s1. The van der Waals surface area contributed by atoms with Gasteiger partial charge < -0.3 is 10.4 Å². The zero-order chi connectivity index (χ0) is 13.0. The van der Waals surface area contributed by atoms with E-state index in [1.54, 1.807) is 0 Å². The quantitative estimate of drug-likeness (QED) is 0.830. The molecule has 0 aliphatic carbocycles. The van der Waals surface area contributed by atoms with E-state index < -0.39 is 12.0 Å². The van der Waals surface area contributed by atoms with E-state index >= 15 is 0 Å². The molecule has 0 unspecified atom stereocenters. The molecule has 1 amide bonds. The Morgan fingerprint density at radius 2 is 2.06 bits per heavy atom. The van der Waals surface area contributed by atoms with E-state index in [9.17, 15) is 9.59 Å². The van der Waals surface area contributed by atoms with Gasteiger partial charge in [-0.2, -0.15) is 0 Å². The molecular formula is C14H17NO3. The molecule has 1 aliphatic heterocycles. The van der Waals surface area contributed by atoms with Crippen molar-refractivity contribution in [3.05, 3.63) is 35.9 Å². The molecule has 18 heavy (non-hydrogen) atoms. The number of benzene rings is 1. The summed E-state index contributed by atoms with van der Waals surface area (Å²) in [6.45, 7) is 0. The number of rotatable bonds is 5. The number of carboxylic acid groups (broad SMARTS) is 1. The van der Waals surface area contributed by atoms with Crippen LogP contribution in [0.5, 0.6) is 0 Å². The van der Waals surface area contributed by atoms with E-state index in [1.165, 1.54) is 5.56 Å². The molecule has 1 heterocycles. The lowest BCUT2D eigenvalue weighted by molar-refractivity contribution is -0.140. The van der Waals surface area contributed by atoms with Crippen LogP contribution in [-0.4, -0.2) is 23.0 Å². The Kier molecular flexibility index (Phi) is 3.97. The number of carbonyl (C=O) groups is 2. The van der Waals surface area contributed by atoms with Gasteiger partial charge in [0.1, 0.15) is 6.04 Å². The van der Waals surface area contributed by atoms with Gasteiger partial charge in [-0.3, -0.25) is 4.79 Å². The van der Waals surface area contributed by atoms with Crippen molar-refractivity contribution in [1.82, 2.24) is 5.32 Å². The molecule has 4 heteroatoms. The average molecular weight is 247 g/mol. The first kappa shape index (κ1) is 12.6. The molecular weight excluding hydrogens is 230 g/mol. The van der Waals surface area contributed by atoms with Gasteiger partial charge in [-0.25, -0.2) is 4.79 Å². The van der Waals surface area contributed by atoms with E-state index in [2.05, 4.69) is 17.4 Å². The Bertz CT molecular complexity index is 430. The number of aryl methyl sites for hydroxylation is 1. The first-order valence-electron chi connectivity index (χ1n) is 6.24. The summed E-state index contributed by atoms with van der Waals surface area (Å²) in [5.74, 6) is -1.20. The first-order valence-corrected chi connectivity index (χ1v) is 6.24.